The van der Waals surface area contributed by atoms with E-state index in [1.165, 1.54) is 0 Å². The number of aryl methyl sites for hydroxylation is 3. The summed E-state index contributed by atoms with van der Waals surface area (Å²) in [4.78, 5) is 22.2. The number of nitrogens with two attached hydrogens (primary N) is 1. The lowest BCUT2D eigenvalue weighted by Crippen LogP contribution is -2.30. The molecule has 5 rings (SSSR count). The molecule has 3 aromatic carbocycles. The second-order valence-corrected chi connectivity index (χ2v) is 9.02. The summed E-state index contributed by atoms with van der Waals surface area (Å²) in [5.41, 5.74) is 11.9. The summed E-state index contributed by atoms with van der Waals surface area (Å²) < 4.78 is 2.20. The van der Waals surface area contributed by atoms with E-state index >= 15 is 0 Å². The molecule has 2 heterocycles. The summed E-state index contributed by atoms with van der Waals surface area (Å²) >= 11 is 0. The van der Waals surface area contributed by atoms with E-state index in [0.29, 0.717) is 12.1 Å². The maximum Gasteiger partial charge on any atom is 0.265 e. The molecule has 0 atom stereocenters. The zero-order valence-corrected chi connectivity index (χ0v) is 20.7. The van der Waals surface area contributed by atoms with E-state index in [1.807, 2.05) is 43.3 Å². The Balaban J connectivity index is 1.53. The number of hydrogen-bond acceptors (Lipinski definition) is 4. The SMILES string of the molecule is CCc1nc2c(C)cc(C)nc2n1Cc1ccc(-c2cc(-c3ccccc3)ccc2C(=O)NN)cc1. The van der Waals surface area contributed by atoms with Crippen LogP contribution in [-0.4, -0.2) is 20.4 Å². The summed E-state index contributed by atoms with van der Waals surface area (Å²) in [6.07, 6.45) is 0.830. The maximum absolute atomic E-state index is 12.5. The number of rotatable bonds is 6. The first-order valence-corrected chi connectivity index (χ1v) is 12.1. The summed E-state index contributed by atoms with van der Waals surface area (Å²) in [6.45, 7) is 6.90. The highest BCUT2D eigenvalue weighted by atomic mass is 16.2. The number of carbonyl (C=O) groups excluding carboxylic acids is 1. The Labute approximate surface area is 210 Å². The fourth-order valence-electron chi connectivity index (χ4n) is 4.73. The fraction of sp³-hybridized carbons (Fsp3) is 0.167. The lowest BCUT2D eigenvalue weighted by atomic mass is 9.93. The van der Waals surface area contributed by atoms with Gasteiger partial charge in [0.15, 0.2) is 5.65 Å². The minimum Gasteiger partial charge on any atom is -0.308 e. The van der Waals surface area contributed by atoms with Gasteiger partial charge in [-0.2, -0.15) is 0 Å². The number of fused-ring (bicyclic) bond motifs is 1. The molecule has 3 N–H and O–H groups in total. The molecule has 0 radical (unpaired) electrons. The molecule has 6 nitrogen and oxygen atoms in total. The van der Waals surface area contributed by atoms with E-state index < -0.39 is 0 Å². The van der Waals surface area contributed by atoms with Gasteiger partial charge in [0.25, 0.3) is 5.91 Å². The minimum absolute atomic E-state index is 0.317. The van der Waals surface area contributed by atoms with E-state index in [2.05, 4.69) is 66.3 Å². The number of amides is 1. The van der Waals surface area contributed by atoms with Crippen LogP contribution in [0.25, 0.3) is 33.4 Å². The second-order valence-electron chi connectivity index (χ2n) is 9.02. The molecule has 0 unspecified atom stereocenters. The van der Waals surface area contributed by atoms with E-state index in [9.17, 15) is 4.79 Å². The molecule has 0 saturated heterocycles. The Morgan fingerprint density at radius 2 is 1.61 bits per heavy atom. The van der Waals surface area contributed by atoms with Crippen molar-refractivity contribution in [2.24, 2.45) is 5.84 Å². The van der Waals surface area contributed by atoms with Crippen molar-refractivity contribution >= 4 is 17.1 Å². The molecule has 36 heavy (non-hydrogen) atoms. The molecule has 0 spiro atoms. The third-order valence-corrected chi connectivity index (χ3v) is 6.53. The van der Waals surface area contributed by atoms with Crippen molar-refractivity contribution in [1.29, 1.82) is 0 Å². The van der Waals surface area contributed by atoms with Gasteiger partial charge >= 0.3 is 0 Å². The number of hydrogen-bond donors (Lipinski definition) is 2. The van der Waals surface area contributed by atoms with Gasteiger partial charge < -0.3 is 4.57 Å². The summed E-state index contributed by atoms with van der Waals surface area (Å²) in [5, 5.41) is 0. The highest BCUT2D eigenvalue weighted by Crippen LogP contribution is 2.30. The van der Waals surface area contributed by atoms with Crippen LogP contribution in [0.5, 0.6) is 0 Å². The Morgan fingerprint density at radius 3 is 2.31 bits per heavy atom. The predicted octanol–water partition coefficient (Wildman–Crippen LogP) is 5.60. The number of pyridine rings is 1. The molecule has 0 aliphatic rings. The number of nitrogens with zero attached hydrogens (tertiary/aromatic N) is 3. The minimum atomic E-state index is -0.317. The monoisotopic (exact) mass is 475 g/mol. The van der Waals surface area contributed by atoms with Gasteiger partial charge in [-0.25, -0.2) is 15.8 Å². The Hall–Kier alpha value is -4.29. The van der Waals surface area contributed by atoms with Gasteiger partial charge in [0.05, 0.1) is 6.54 Å². The van der Waals surface area contributed by atoms with Gasteiger partial charge in [-0.3, -0.25) is 10.2 Å². The molecule has 2 aromatic heterocycles. The van der Waals surface area contributed by atoms with Gasteiger partial charge in [-0.15, -0.1) is 0 Å². The van der Waals surface area contributed by atoms with Crippen molar-refractivity contribution in [2.45, 2.75) is 33.7 Å². The van der Waals surface area contributed by atoms with Crippen molar-refractivity contribution in [2.75, 3.05) is 0 Å². The highest BCUT2D eigenvalue weighted by molar-refractivity contribution is 6.01. The molecule has 180 valence electrons. The summed E-state index contributed by atoms with van der Waals surface area (Å²) in [5.74, 6) is 6.18. The van der Waals surface area contributed by atoms with Crippen molar-refractivity contribution in [3.8, 4) is 22.3 Å². The van der Waals surface area contributed by atoms with Gasteiger partial charge in [-0.05, 0) is 65.4 Å². The van der Waals surface area contributed by atoms with Crippen LogP contribution in [0.1, 0.15) is 39.9 Å². The molecule has 0 fully saturated rings. The quantitative estimate of drug-likeness (QED) is 0.190. The van der Waals surface area contributed by atoms with Crippen LogP contribution in [0.4, 0.5) is 0 Å². The zero-order chi connectivity index (χ0) is 25.2. The largest absolute Gasteiger partial charge is 0.308 e. The normalized spacial score (nSPS) is 11.1. The van der Waals surface area contributed by atoms with Crippen LogP contribution in [0, 0.1) is 13.8 Å². The number of benzene rings is 3. The van der Waals surface area contributed by atoms with Crippen LogP contribution in [0.3, 0.4) is 0 Å². The molecule has 0 saturated carbocycles. The first-order valence-electron chi connectivity index (χ1n) is 12.1. The Morgan fingerprint density at radius 1 is 0.889 bits per heavy atom. The number of aromatic nitrogens is 3. The average Bonchev–Trinajstić information content (AvgIpc) is 3.26. The molecular formula is C30H29N5O. The Kier molecular flexibility index (Phi) is 6.36. The molecule has 0 bridgehead atoms. The van der Waals surface area contributed by atoms with Gasteiger partial charge in [-0.1, -0.05) is 67.6 Å². The van der Waals surface area contributed by atoms with Crippen molar-refractivity contribution in [1.82, 2.24) is 20.0 Å². The number of imidazole rings is 1. The number of nitrogen functional groups attached to an aromatic ring is 1. The molecule has 0 aliphatic heterocycles. The van der Waals surface area contributed by atoms with Gasteiger partial charge in [0.1, 0.15) is 11.3 Å². The first-order chi connectivity index (χ1) is 17.5. The standard InChI is InChI=1S/C30H29N5O/c1-4-27-33-28-19(2)16-20(3)32-29(28)35(27)18-21-10-12-23(13-11-21)26-17-24(22-8-6-5-7-9-22)14-15-25(26)30(36)34-31/h5-17H,4,18,31H2,1-3H3,(H,34,36). The van der Waals surface area contributed by atoms with Crippen molar-refractivity contribution < 1.29 is 4.79 Å². The lowest BCUT2D eigenvalue weighted by Gasteiger charge is -2.13. The summed E-state index contributed by atoms with van der Waals surface area (Å²) in [6, 6.07) is 26.3. The second kappa shape index (κ2) is 9.76. The number of carbonyl (C=O) groups is 1. The molecule has 5 aromatic rings. The van der Waals surface area contributed by atoms with E-state index in [1.54, 1.807) is 0 Å². The summed E-state index contributed by atoms with van der Waals surface area (Å²) in [7, 11) is 0. The molecule has 1 amide bonds. The van der Waals surface area contributed by atoms with Crippen LogP contribution in [0.2, 0.25) is 0 Å². The zero-order valence-electron chi connectivity index (χ0n) is 20.7. The van der Waals surface area contributed by atoms with Crippen molar-refractivity contribution in [3.63, 3.8) is 0 Å². The lowest BCUT2D eigenvalue weighted by molar-refractivity contribution is 0.0954. The van der Waals surface area contributed by atoms with Crippen LogP contribution < -0.4 is 11.3 Å². The van der Waals surface area contributed by atoms with Crippen LogP contribution in [0.15, 0.2) is 78.9 Å². The van der Waals surface area contributed by atoms with Crippen LogP contribution in [-0.2, 0) is 13.0 Å². The van der Waals surface area contributed by atoms with E-state index in [-0.39, 0.29) is 5.91 Å². The number of nitrogens with one attached hydrogen (secondary N) is 1. The van der Waals surface area contributed by atoms with Gasteiger partial charge in [0, 0.05) is 17.7 Å². The maximum atomic E-state index is 12.5. The number of hydrazine groups is 1. The molecule has 0 aliphatic carbocycles. The van der Waals surface area contributed by atoms with Crippen molar-refractivity contribution in [3.05, 3.63) is 107 Å². The van der Waals surface area contributed by atoms with Crippen LogP contribution >= 0.6 is 0 Å². The molecular weight excluding hydrogens is 446 g/mol. The average molecular weight is 476 g/mol. The van der Waals surface area contributed by atoms with Gasteiger partial charge in [0.2, 0.25) is 0 Å². The molecule has 6 heteroatoms. The van der Waals surface area contributed by atoms with E-state index in [4.69, 9.17) is 15.8 Å². The smallest absolute Gasteiger partial charge is 0.265 e. The highest BCUT2D eigenvalue weighted by Gasteiger charge is 2.16. The third kappa shape index (κ3) is 4.39. The fourth-order valence-corrected chi connectivity index (χ4v) is 4.73. The van der Waals surface area contributed by atoms with E-state index in [0.717, 1.165) is 62.5 Å². The predicted molar refractivity (Wildman–Crippen MR) is 144 cm³/mol. The topological polar surface area (TPSA) is 85.8 Å². The first kappa shape index (κ1) is 23.5. The Bertz CT molecular complexity index is 1550. The third-order valence-electron chi connectivity index (χ3n) is 6.53.